The van der Waals surface area contributed by atoms with Gasteiger partial charge in [0.05, 0.1) is 12.0 Å². The van der Waals surface area contributed by atoms with Gasteiger partial charge in [-0.15, -0.1) is 0 Å². The lowest BCUT2D eigenvalue weighted by molar-refractivity contribution is -0.148. The third-order valence-electron chi connectivity index (χ3n) is 3.33. The molecule has 1 atom stereocenters. The molecule has 1 aliphatic rings. The fourth-order valence-electron chi connectivity index (χ4n) is 2.16. The molecule has 0 aliphatic carbocycles. The van der Waals surface area contributed by atoms with E-state index in [1.165, 1.54) is 6.33 Å². The van der Waals surface area contributed by atoms with Crippen LogP contribution in [0.25, 0.3) is 0 Å². The van der Waals surface area contributed by atoms with Crippen LogP contribution in [0.5, 0.6) is 0 Å². The van der Waals surface area contributed by atoms with Crippen LogP contribution in [0.4, 0.5) is 0 Å². The van der Waals surface area contributed by atoms with Crippen molar-refractivity contribution in [1.82, 2.24) is 15.0 Å². The highest BCUT2D eigenvalue weighted by molar-refractivity contribution is 5.75. The summed E-state index contributed by atoms with van der Waals surface area (Å²) in [6.45, 7) is 3.78. The van der Waals surface area contributed by atoms with Crippen LogP contribution in [0, 0.1) is 5.41 Å². The molecule has 0 bridgehead atoms. The molecule has 2 rings (SSSR count). The average molecular weight is 225 g/mol. The first kappa shape index (κ1) is 11.1. The van der Waals surface area contributed by atoms with Crippen LogP contribution in [-0.4, -0.2) is 39.2 Å². The molecule has 0 saturated carbocycles. The van der Waals surface area contributed by atoms with Crippen molar-refractivity contribution in [2.45, 2.75) is 26.3 Å². The van der Waals surface area contributed by atoms with Crippen LogP contribution < -0.4 is 0 Å². The zero-order valence-electron chi connectivity index (χ0n) is 9.22. The number of aromatic nitrogens is 2. The highest BCUT2D eigenvalue weighted by Crippen LogP contribution is 2.34. The molecule has 16 heavy (non-hydrogen) atoms. The third kappa shape index (κ3) is 1.92. The van der Waals surface area contributed by atoms with Crippen LogP contribution in [0.3, 0.4) is 0 Å². The van der Waals surface area contributed by atoms with E-state index in [0.29, 0.717) is 31.8 Å². The zero-order valence-corrected chi connectivity index (χ0v) is 9.22. The molecule has 0 spiro atoms. The molecule has 1 aromatic rings. The number of nitrogens with zero attached hydrogens (tertiary/aromatic N) is 3. The second kappa shape index (κ2) is 4.21. The maximum Gasteiger partial charge on any atom is 0.310 e. The smallest absolute Gasteiger partial charge is 0.310 e. The Balaban J connectivity index is 1.99. The van der Waals surface area contributed by atoms with E-state index in [9.17, 15) is 9.90 Å². The van der Waals surface area contributed by atoms with Gasteiger partial charge >= 0.3 is 5.97 Å². The van der Waals surface area contributed by atoms with Gasteiger partial charge in [-0.05, 0) is 19.4 Å². The lowest BCUT2D eigenvalue weighted by atomic mass is 9.84. The predicted molar refractivity (Wildman–Crippen MR) is 54.6 cm³/mol. The van der Waals surface area contributed by atoms with Gasteiger partial charge in [0, 0.05) is 6.54 Å². The van der Waals surface area contributed by atoms with E-state index in [1.807, 2.05) is 11.8 Å². The molecule has 6 heteroatoms. The van der Waals surface area contributed by atoms with Gasteiger partial charge in [-0.1, -0.05) is 12.1 Å². The molecular formula is C10H15N3O3. The van der Waals surface area contributed by atoms with E-state index in [-0.39, 0.29) is 0 Å². The Morgan fingerprint density at radius 3 is 3.06 bits per heavy atom. The molecule has 1 aromatic heterocycles. The first-order valence-electron chi connectivity index (χ1n) is 5.37. The summed E-state index contributed by atoms with van der Waals surface area (Å²) in [6.07, 6.45) is 2.70. The number of likely N-dealkylation sites (tertiary alicyclic amines) is 1. The van der Waals surface area contributed by atoms with Gasteiger partial charge in [-0.25, -0.2) is 0 Å². The lowest BCUT2D eigenvalue weighted by Gasteiger charge is -2.22. The first-order chi connectivity index (χ1) is 7.66. The standard InChI is InChI=1S/C10H15N3O3/c1-2-10(9(14)15)3-4-13(6-10)5-8-11-7-12-16-8/h7H,2-6H2,1H3,(H,14,15). The molecular weight excluding hydrogens is 210 g/mol. The molecule has 1 fully saturated rings. The SMILES string of the molecule is CCC1(C(=O)O)CCN(Cc2ncno2)C1. The maximum atomic E-state index is 11.2. The molecule has 88 valence electrons. The minimum atomic E-state index is -0.706. The second-order valence-electron chi connectivity index (χ2n) is 4.23. The van der Waals surface area contributed by atoms with Gasteiger partial charge in [0.2, 0.25) is 5.89 Å². The summed E-state index contributed by atoms with van der Waals surface area (Å²) in [6, 6.07) is 0. The van der Waals surface area contributed by atoms with Crippen molar-refractivity contribution in [3.8, 4) is 0 Å². The Kier molecular flexibility index (Phi) is 2.91. The Bertz CT molecular complexity index is 365. The Hall–Kier alpha value is -1.43. The zero-order chi connectivity index (χ0) is 11.6. The summed E-state index contributed by atoms with van der Waals surface area (Å²) in [5, 5.41) is 12.8. The molecule has 0 aromatic carbocycles. The minimum Gasteiger partial charge on any atom is -0.481 e. The van der Waals surface area contributed by atoms with Crippen molar-refractivity contribution in [3.63, 3.8) is 0 Å². The number of hydrogen-bond acceptors (Lipinski definition) is 5. The van der Waals surface area contributed by atoms with Gasteiger partial charge in [-0.3, -0.25) is 9.69 Å². The molecule has 6 nitrogen and oxygen atoms in total. The van der Waals surface area contributed by atoms with E-state index >= 15 is 0 Å². The molecule has 0 amide bonds. The summed E-state index contributed by atoms with van der Waals surface area (Å²) in [4.78, 5) is 17.2. The van der Waals surface area contributed by atoms with Crippen LogP contribution in [0.1, 0.15) is 25.7 Å². The maximum absolute atomic E-state index is 11.2. The van der Waals surface area contributed by atoms with E-state index in [1.54, 1.807) is 0 Å². The second-order valence-corrected chi connectivity index (χ2v) is 4.23. The van der Waals surface area contributed by atoms with Crippen molar-refractivity contribution < 1.29 is 14.4 Å². The minimum absolute atomic E-state index is 0.537. The van der Waals surface area contributed by atoms with E-state index in [0.717, 1.165) is 6.54 Å². The van der Waals surface area contributed by atoms with Gasteiger partial charge < -0.3 is 9.63 Å². The van der Waals surface area contributed by atoms with Gasteiger partial charge in [0.25, 0.3) is 0 Å². The number of rotatable bonds is 4. The normalized spacial score (nSPS) is 26.1. The molecule has 1 aliphatic heterocycles. The average Bonchev–Trinajstić information content (AvgIpc) is 2.88. The number of carboxylic acids is 1. The molecule has 1 saturated heterocycles. The topological polar surface area (TPSA) is 79.5 Å². The van der Waals surface area contributed by atoms with E-state index in [2.05, 4.69) is 10.1 Å². The number of carboxylic acid groups (broad SMARTS) is 1. The fraction of sp³-hybridized carbons (Fsp3) is 0.700. The summed E-state index contributed by atoms with van der Waals surface area (Å²) < 4.78 is 4.91. The highest BCUT2D eigenvalue weighted by Gasteiger charge is 2.43. The number of carbonyl (C=O) groups is 1. The largest absolute Gasteiger partial charge is 0.481 e. The summed E-state index contributed by atoms with van der Waals surface area (Å²) in [5.41, 5.74) is -0.597. The highest BCUT2D eigenvalue weighted by atomic mass is 16.5. The summed E-state index contributed by atoms with van der Waals surface area (Å²) in [5.74, 6) is -0.166. The van der Waals surface area contributed by atoms with Crippen molar-refractivity contribution in [2.75, 3.05) is 13.1 Å². The number of aliphatic carboxylic acids is 1. The molecule has 1 N–H and O–H groups in total. The molecule has 2 heterocycles. The summed E-state index contributed by atoms with van der Waals surface area (Å²) in [7, 11) is 0. The van der Waals surface area contributed by atoms with Gasteiger partial charge in [0.1, 0.15) is 0 Å². The van der Waals surface area contributed by atoms with Gasteiger partial charge in [-0.2, -0.15) is 4.98 Å². The van der Waals surface area contributed by atoms with Crippen LogP contribution >= 0.6 is 0 Å². The molecule has 1 unspecified atom stereocenters. The van der Waals surface area contributed by atoms with Crippen molar-refractivity contribution >= 4 is 5.97 Å². The number of hydrogen-bond donors (Lipinski definition) is 1. The summed E-state index contributed by atoms with van der Waals surface area (Å²) >= 11 is 0. The van der Waals surface area contributed by atoms with Crippen LogP contribution in [0.15, 0.2) is 10.9 Å². The van der Waals surface area contributed by atoms with Crippen molar-refractivity contribution in [1.29, 1.82) is 0 Å². The Morgan fingerprint density at radius 2 is 2.56 bits per heavy atom. The molecule has 0 radical (unpaired) electrons. The van der Waals surface area contributed by atoms with Crippen LogP contribution in [0.2, 0.25) is 0 Å². The fourth-order valence-corrected chi connectivity index (χ4v) is 2.16. The van der Waals surface area contributed by atoms with E-state index < -0.39 is 11.4 Å². The van der Waals surface area contributed by atoms with Crippen LogP contribution in [-0.2, 0) is 11.3 Å². The Morgan fingerprint density at radius 1 is 1.75 bits per heavy atom. The van der Waals surface area contributed by atoms with E-state index in [4.69, 9.17) is 4.52 Å². The first-order valence-corrected chi connectivity index (χ1v) is 5.37. The third-order valence-corrected chi connectivity index (χ3v) is 3.33. The quantitative estimate of drug-likeness (QED) is 0.814. The monoisotopic (exact) mass is 225 g/mol. The van der Waals surface area contributed by atoms with Gasteiger partial charge in [0.15, 0.2) is 6.33 Å². The van der Waals surface area contributed by atoms with Crippen molar-refractivity contribution in [3.05, 3.63) is 12.2 Å². The predicted octanol–water partition coefficient (Wildman–Crippen LogP) is 0.756. The Labute approximate surface area is 93.2 Å². The lowest BCUT2D eigenvalue weighted by Crippen LogP contribution is -2.33. The van der Waals surface area contributed by atoms with Crippen molar-refractivity contribution in [2.24, 2.45) is 5.41 Å².